The number of carbonyl (C=O) groups excluding carboxylic acids is 2. The number of ketones is 1. The lowest BCUT2D eigenvalue weighted by molar-refractivity contribution is 0.0576. The van der Waals surface area contributed by atoms with E-state index in [-0.39, 0.29) is 22.6 Å². The van der Waals surface area contributed by atoms with E-state index < -0.39 is 5.91 Å². The van der Waals surface area contributed by atoms with Crippen molar-refractivity contribution in [3.05, 3.63) is 44.6 Å². The highest BCUT2D eigenvalue weighted by molar-refractivity contribution is 7.14. The molecule has 2 heterocycles. The van der Waals surface area contributed by atoms with Gasteiger partial charge in [-0.1, -0.05) is 11.6 Å². The number of anilines is 1. The van der Waals surface area contributed by atoms with Crippen LogP contribution < -0.4 is 16.6 Å². The third kappa shape index (κ3) is 2.55. The largest absolute Gasteiger partial charge is 0.398 e. The number of H-pyrrole nitrogens is 1. The number of nitrogens with one attached hydrogen (secondary N) is 3. The van der Waals surface area contributed by atoms with Gasteiger partial charge in [-0.15, -0.1) is 11.3 Å². The van der Waals surface area contributed by atoms with Gasteiger partial charge in [-0.25, -0.2) is 16.0 Å². The highest BCUT2D eigenvalue weighted by atomic mass is 35.5. The molecule has 0 radical (unpaired) electrons. The SMILES string of the molecule is CNN(NC)C(=O)c1c(N)ccc2c1C(=O)c1c(-c3csc(Cl)c3)n[nH]c1-2. The van der Waals surface area contributed by atoms with Crippen molar-refractivity contribution >= 4 is 40.3 Å². The molecule has 1 aliphatic carbocycles. The molecule has 0 aliphatic heterocycles. The zero-order chi connectivity index (χ0) is 19.3. The van der Waals surface area contributed by atoms with Crippen LogP contribution in [0.1, 0.15) is 26.3 Å². The zero-order valence-corrected chi connectivity index (χ0v) is 16.0. The maximum absolute atomic E-state index is 13.3. The van der Waals surface area contributed by atoms with Gasteiger partial charge in [0.05, 0.1) is 21.2 Å². The second kappa shape index (κ2) is 6.46. The van der Waals surface area contributed by atoms with Crippen LogP contribution in [-0.4, -0.2) is 41.1 Å². The van der Waals surface area contributed by atoms with Gasteiger partial charge in [-0.3, -0.25) is 14.7 Å². The summed E-state index contributed by atoms with van der Waals surface area (Å²) in [5.41, 5.74) is 14.9. The molecule has 0 bridgehead atoms. The molecule has 27 heavy (non-hydrogen) atoms. The topological polar surface area (TPSA) is 116 Å². The first-order valence-electron chi connectivity index (χ1n) is 7.97. The smallest absolute Gasteiger partial charge is 0.285 e. The number of nitrogens with two attached hydrogens (primary N) is 1. The molecule has 0 unspecified atom stereocenters. The van der Waals surface area contributed by atoms with Crippen LogP contribution in [0.4, 0.5) is 5.69 Å². The number of rotatable bonds is 4. The van der Waals surface area contributed by atoms with Crippen molar-refractivity contribution < 1.29 is 9.59 Å². The lowest BCUT2D eigenvalue weighted by Crippen LogP contribution is -2.49. The summed E-state index contributed by atoms with van der Waals surface area (Å²) in [4.78, 5) is 26.2. The minimum absolute atomic E-state index is 0.139. The van der Waals surface area contributed by atoms with Gasteiger partial charge in [-0.2, -0.15) is 5.10 Å². The summed E-state index contributed by atoms with van der Waals surface area (Å²) >= 11 is 7.38. The molecule has 3 aromatic rings. The van der Waals surface area contributed by atoms with E-state index in [0.717, 1.165) is 10.7 Å². The number of aromatic nitrogens is 2. The Morgan fingerprint density at radius 3 is 2.67 bits per heavy atom. The maximum Gasteiger partial charge on any atom is 0.285 e. The summed E-state index contributed by atoms with van der Waals surface area (Å²) < 4.78 is 0.600. The molecule has 5 N–H and O–H groups in total. The number of carbonyl (C=O) groups is 2. The molecule has 1 amide bonds. The number of hydrazine groups is 2. The fourth-order valence-electron chi connectivity index (χ4n) is 3.25. The molecule has 0 spiro atoms. The Morgan fingerprint density at radius 1 is 1.30 bits per heavy atom. The summed E-state index contributed by atoms with van der Waals surface area (Å²) in [6.07, 6.45) is 0. The number of hydrogen-bond acceptors (Lipinski definition) is 7. The normalized spacial score (nSPS) is 12.2. The van der Waals surface area contributed by atoms with Crippen molar-refractivity contribution in [3.8, 4) is 22.5 Å². The Morgan fingerprint density at radius 2 is 2.04 bits per heavy atom. The Balaban J connectivity index is 1.90. The third-order valence-corrected chi connectivity index (χ3v) is 5.52. The zero-order valence-electron chi connectivity index (χ0n) is 14.4. The molecule has 0 fully saturated rings. The lowest BCUT2D eigenvalue weighted by Gasteiger charge is -2.21. The average molecular weight is 403 g/mol. The molecule has 4 rings (SSSR count). The van der Waals surface area contributed by atoms with Crippen LogP contribution in [0.5, 0.6) is 0 Å². The predicted molar refractivity (Wildman–Crippen MR) is 104 cm³/mol. The molecule has 0 saturated heterocycles. The van der Waals surface area contributed by atoms with Gasteiger partial charge in [0.1, 0.15) is 5.69 Å². The Labute approximate surface area is 163 Å². The van der Waals surface area contributed by atoms with E-state index >= 15 is 0 Å². The van der Waals surface area contributed by atoms with Crippen molar-refractivity contribution in [1.29, 1.82) is 0 Å². The first-order chi connectivity index (χ1) is 13.0. The summed E-state index contributed by atoms with van der Waals surface area (Å²) in [5.74, 6) is -0.755. The number of nitrogens with zero attached hydrogens (tertiary/aromatic N) is 2. The predicted octanol–water partition coefficient (Wildman–Crippen LogP) is 2.30. The second-order valence-electron chi connectivity index (χ2n) is 5.83. The molecule has 8 nitrogen and oxygen atoms in total. The van der Waals surface area contributed by atoms with Gasteiger partial charge < -0.3 is 5.73 Å². The van der Waals surface area contributed by atoms with E-state index in [2.05, 4.69) is 21.0 Å². The maximum atomic E-state index is 13.3. The summed E-state index contributed by atoms with van der Waals surface area (Å²) in [6, 6.07) is 5.08. The first kappa shape index (κ1) is 17.7. The lowest BCUT2D eigenvalue weighted by atomic mass is 9.98. The van der Waals surface area contributed by atoms with Crippen molar-refractivity contribution in [2.75, 3.05) is 19.8 Å². The van der Waals surface area contributed by atoms with Crippen molar-refractivity contribution in [2.45, 2.75) is 0 Å². The van der Waals surface area contributed by atoms with Crippen molar-refractivity contribution in [1.82, 2.24) is 26.2 Å². The number of nitrogen functional groups attached to an aromatic ring is 1. The van der Waals surface area contributed by atoms with E-state index in [0.29, 0.717) is 26.9 Å². The Bertz CT molecular complexity index is 1090. The summed E-state index contributed by atoms with van der Waals surface area (Å²) in [6.45, 7) is 0. The molecule has 2 aromatic heterocycles. The molecular formula is C17H15ClN6O2S. The number of amides is 1. The van der Waals surface area contributed by atoms with E-state index in [1.54, 1.807) is 32.3 Å². The molecule has 1 aliphatic rings. The molecule has 138 valence electrons. The number of hydrogen-bond donors (Lipinski definition) is 4. The van der Waals surface area contributed by atoms with Gasteiger partial charge >= 0.3 is 0 Å². The number of aromatic amines is 1. The Kier molecular flexibility index (Phi) is 4.23. The van der Waals surface area contributed by atoms with E-state index in [1.807, 2.05) is 5.38 Å². The van der Waals surface area contributed by atoms with Gasteiger partial charge in [0.15, 0.2) is 5.78 Å². The van der Waals surface area contributed by atoms with Crippen LogP contribution in [-0.2, 0) is 0 Å². The molecular weight excluding hydrogens is 388 g/mol. The van der Waals surface area contributed by atoms with E-state index in [4.69, 9.17) is 17.3 Å². The highest BCUT2D eigenvalue weighted by Gasteiger charge is 2.38. The fraction of sp³-hybridized carbons (Fsp3) is 0.118. The first-order valence-corrected chi connectivity index (χ1v) is 9.23. The minimum atomic E-state index is -0.457. The standard InChI is InChI=1S/C17H15ClN6O2S/c1-20-24(21-2)17(26)12-9(19)4-3-8-11(12)16(25)13-14(22-23-15(8)13)7-5-10(18)27-6-7/h3-6,20-21H,19H2,1-2H3,(H,22,23). The minimum Gasteiger partial charge on any atom is -0.398 e. The van der Waals surface area contributed by atoms with Gasteiger partial charge in [-0.05, 0) is 18.2 Å². The number of halogens is 1. The van der Waals surface area contributed by atoms with Crippen LogP contribution in [0.3, 0.4) is 0 Å². The molecule has 0 saturated carbocycles. The number of thiophene rings is 1. The van der Waals surface area contributed by atoms with Crippen LogP contribution in [0.15, 0.2) is 23.6 Å². The molecule has 0 atom stereocenters. The highest BCUT2D eigenvalue weighted by Crippen LogP contribution is 2.43. The summed E-state index contributed by atoms with van der Waals surface area (Å²) in [5, 5.41) is 10.2. The quantitative estimate of drug-likeness (QED) is 0.307. The number of fused-ring (bicyclic) bond motifs is 3. The van der Waals surface area contributed by atoms with E-state index in [9.17, 15) is 9.59 Å². The van der Waals surface area contributed by atoms with Crippen LogP contribution in [0, 0.1) is 0 Å². The fourth-order valence-corrected chi connectivity index (χ4v) is 4.11. The van der Waals surface area contributed by atoms with E-state index in [1.165, 1.54) is 11.3 Å². The van der Waals surface area contributed by atoms with Crippen molar-refractivity contribution in [3.63, 3.8) is 0 Å². The van der Waals surface area contributed by atoms with Crippen LogP contribution >= 0.6 is 22.9 Å². The van der Waals surface area contributed by atoms with Crippen LogP contribution in [0.2, 0.25) is 4.34 Å². The van der Waals surface area contributed by atoms with Crippen LogP contribution in [0.25, 0.3) is 22.5 Å². The second-order valence-corrected chi connectivity index (χ2v) is 7.37. The van der Waals surface area contributed by atoms with Gasteiger partial charge in [0.2, 0.25) is 0 Å². The summed E-state index contributed by atoms with van der Waals surface area (Å²) in [7, 11) is 3.17. The monoisotopic (exact) mass is 402 g/mol. The third-order valence-electron chi connectivity index (χ3n) is 4.43. The molecule has 1 aromatic carbocycles. The Hall–Kier alpha value is -2.72. The number of benzene rings is 1. The van der Waals surface area contributed by atoms with Gasteiger partial charge in [0, 0.05) is 41.9 Å². The van der Waals surface area contributed by atoms with Crippen molar-refractivity contribution in [2.24, 2.45) is 0 Å². The average Bonchev–Trinajstić information content (AvgIpc) is 3.33. The van der Waals surface area contributed by atoms with Gasteiger partial charge in [0.25, 0.3) is 5.91 Å². The molecule has 10 heteroatoms.